The maximum absolute atomic E-state index is 12.6. The fraction of sp³-hybridized carbons (Fsp3) is 0.235. The Kier molecular flexibility index (Phi) is 3.39. The van der Waals surface area contributed by atoms with Gasteiger partial charge < -0.3 is 16.2 Å². The smallest absolute Gasteiger partial charge is 0.235 e. The van der Waals surface area contributed by atoms with Crippen molar-refractivity contribution in [3.8, 4) is 0 Å². The van der Waals surface area contributed by atoms with E-state index in [2.05, 4.69) is 5.32 Å². The van der Waals surface area contributed by atoms with Crippen LogP contribution in [0.1, 0.15) is 24.0 Å². The molecule has 0 radical (unpaired) electrons. The lowest BCUT2D eigenvalue weighted by Gasteiger charge is -2.16. The van der Waals surface area contributed by atoms with E-state index >= 15 is 0 Å². The zero-order chi connectivity index (χ0) is 14.9. The van der Waals surface area contributed by atoms with Crippen molar-refractivity contribution >= 4 is 17.3 Å². The molecule has 2 aromatic rings. The number of benzene rings is 2. The van der Waals surface area contributed by atoms with Crippen LogP contribution in [0.25, 0.3) is 0 Å². The van der Waals surface area contributed by atoms with Gasteiger partial charge in [-0.2, -0.15) is 0 Å². The molecule has 4 nitrogen and oxygen atoms in total. The number of nitrogens with one attached hydrogen (secondary N) is 1. The van der Waals surface area contributed by atoms with Crippen LogP contribution in [0.15, 0.2) is 48.5 Å². The molecule has 1 saturated carbocycles. The van der Waals surface area contributed by atoms with Gasteiger partial charge in [0.1, 0.15) is 0 Å². The van der Waals surface area contributed by atoms with Crippen molar-refractivity contribution in [2.24, 2.45) is 0 Å². The van der Waals surface area contributed by atoms with Gasteiger partial charge in [0.05, 0.1) is 12.0 Å². The summed E-state index contributed by atoms with van der Waals surface area (Å²) >= 11 is 0. The van der Waals surface area contributed by atoms with Crippen LogP contribution in [-0.2, 0) is 16.8 Å². The third kappa shape index (κ3) is 2.62. The molecule has 4 N–H and O–H groups in total. The van der Waals surface area contributed by atoms with E-state index in [1.165, 1.54) is 0 Å². The number of hydrogen-bond donors (Lipinski definition) is 3. The number of anilines is 2. The first kappa shape index (κ1) is 13.6. The van der Waals surface area contributed by atoms with Gasteiger partial charge in [-0.1, -0.05) is 24.3 Å². The lowest BCUT2D eigenvalue weighted by molar-refractivity contribution is -0.118. The predicted molar refractivity (Wildman–Crippen MR) is 82.8 cm³/mol. The van der Waals surface area contributed by atoms with Crippen LogP contribution >= 0.6 is 0 Å². The first-order chi connectivity index (χ1) is 10.1. The standard InChI is InChI=1S/C17H18N2O2/c18-14-6-4-13(5-7-14)17(8-9-17)16(21)19-15-3-1-2-12(10-15)11-20/h1-7,10,20H,8-9,11,18H2,(H,19,21). The van der Waals surface area contributed by atoms with Crippen molar-refractivity contribution in [1.82, 2.24) is 0 Å². The number of carbonyl (C=O) groups is 1. The van der Waals surface area contributed by atoms with Gasteiger partial charge in [-0.05, 0) is 48.2 Å². The van der Waals surface area contributed by atoms with E-state index in [0.29, 0.717) is 11.4 Å². The zero-order valence-corrected chi connectivity index (χ0v) is 11.7. The van der Waals surface area contributed by atoms with E-state index in [1.807, 2.05) is 42.5 Å². The van der Waals surface area contributed by atoms with E-state index in [4.69, 9.17) is 10.8 Å². The Morgan fingerprint density at radius 1 is 1.19 bits per heavy atom. The highest BCUT2D eigenvalue weighted by molar-refractivity contribution is 6.01. The zero-order valence-electron chi connectivity index (χ0n) is 11.7. The molecule has 3 rings (SSSR count). The Bertz CT molecular complexity index is 661. The molecule has 2 aromatic carbocycles. The Labute approximate surface area is 123 Å². The molecule has 0 atom stereocenters. The van der Waals surface area contributed by atoms with Crippen molar-refractivity contribution < 1.29 is 9.90 Å². The molecule has 0 aromatic heterocycles. The number of aliphatic hydroxyl groups excluding tert-OH is 1. The lowest BCUT2D eigenvalue weighted by atomic mass is 9.94. The fourth-order valence-electron chi connectivity index (χ4n) is 2.57. The maximum Gasteiger partial charge on any atom is 0.235 e. The van der Waals surface area contributed by atoms with Crippen LogP contribution < -0.4 is 11.1 Å². The first-order valence-corrected chi connectivity index (χ1v) is 7.01. The van der Waals surface area contributed by atoms with Crippen molar-refractivity contribution in [3.63, 3.8) is 0 Å². The van der Waals surface area contributed by atoms with Crippen LogP contribution in [0.4, 0.5) is 11.4 Å². The van der Waals surface area contributed by atoms with Crippen LogP contribution in [0, 0.1) is 0 Å². The summed E-state index contributed by atoms with van der Waals surface area (Å²) in [6.07, 6.45) is 1.70. The molecule has 0 bridgehead atoms. The molecule has 0 aliphatic heterocycles. The highest BCUT2D eigenvalue weighted by atomic mass is 16.3. The first-order valence-electron chi connectivity index (χ1n) is 7.01. The Hall–Kier alpha value is -2.33. The van der Waals surface area contributed by atoms with Gasteiger partial charge in [-0.3, -0.25) is 4.79 Å². The number of carbonyl (C=O) groups excluding carboxylic acids is 1. The van der Waals surface area contributed by atoms with Gasteiger partial charge in [0.15, 0.2) is 0 Å². The molecule has 1 amide bonds. The van der Waals surface area contributed by atoms with Crippen LogP contribution in [0.5, 0.6) is 0 Å². The average molecular weight is 282 g/mol. The van der Waals surface area contributed by atoms with E-state index in [1.54, 1.807) is 6.07 Å². The number of nitrogens with two attached hydrogens (primary N) is 1. The molecule has 1 fully saturated rings. The number of aliphatic hydroxyl groups is 1. The Morgan fingerprint density at radius 2 is 1.90 bits per heavy atom. The van der Waals surface area contributed by atoms with Gasteiger partial charge in [0.2, 0.25) is 5.91 Å². The summed E-state index contributed by atoms with van der Waals surface area (Å²) in [5, 5.41) is 12.1. The van der Waals surface area contributed by atoms with Crippen molar-refractivity contribution in [3.05, 3.63) is 59.7 Å². The van der Waals surface area contributed by atoms with E-state index < -0.39 is 5.41 Å². The van der Waals surface area contributed by atoms with Gasteiger partial charge in [-0.25, -0.2) is 0 Å². The molecular weight excluding hydrogens is 264 g/mol. The highest BCUT2D eigenvalue weighted by Crippen LogP contribution is 2.49. The Morgan fingerprint density at radius 3 is 2.52 bits per heavy atom. The summed E-state index contributed by atoms with van der Waals surface area (Å²) < 4.78 is 0. The molecule has 21 heavy (non-hydrogen) atoms. The van der Waals surface area contributed by atoms with Crippen molar-refractivity contribution in [1.29, 1.82) is 0 Å². The lowest BCUT2D eigenvalue weighted by Crippen LogP contribution is -2.27. The summed E-state index contributed by atoms with van der Waals surface area (Å²) in [6.45, 7) is -0.0349. The minimum absolute atomic E-state index is 0.00219. The second kappa shape index (κ2) is 5.22. The summed E-state index contributed by atoms with van der Waals surface area (Å²) in [4.78, 5) is 12.6. The average Bonchev–Trinajstić information content (AvgIpc) is 3.30. The van der Waals surface area contributed by atoms with Gasteiger partial charge in [0, 0.05) is 11.4 Å². The molecule has 0 unspecified atom stereocenters. The predicted octanol–water partition coefficient (Wildman–Crippen LogP) is 2.43. The Balaban J connectivity index is 1.80. The van der Waals surface area contributed by atoms with E-state index in [-0.39, 0.29) is 12.5 Å². The molecule has 108 valence electrons. The van der Waals surface area contributed by atoms with Crippen molar-refractivity contribution in [2.75, 3.05) is 11.1 Å². The minimum atomic E-state index is -0.428. The molecule has 0 saturated heterocycles. The SMILES string of the molecule is Nc1ccc(C2(C(=O)Nc3cccc(CO)c3)CC2)cc1. The molecule has 1 aliphatic rings. The maximum atomic E-state index is 12.6. The van der Waals surface area contributed by atoms with Gasteiger partial charge in [0.25, 0.3) is 0 Å². The van der Waals surface area contributed by atoms with E-state index in [0.717, 1.165) is 24.0 Å². The summed E-state index contributed by atoms with van der Waals surface area (Å²) in [6, 6.07) is 14.8. The topological polar surface area (TPSA) is 75.4 Å². The summed E-state index contributed by atoms with van der Waals surface area (Å²) in [5.41, 5.74) is 8.48. The molecule has 0 heterocycles. The van der Waals surface area contributed by atoms with Crippen LogP contribution in [0.2, 0.25) is 0 Å². The number of amides is 1. The summed E-state index contributed by atoms with van der Waals surface area (Å²) in [5.74, 6) is 0.00219. The minimum Gasteiger partial charge on any atom is -0.399 e. The van der Waals surface area contributed by atoms with Crippen LogP contribution in [-0.4, -0.2) is 11.0 Å². The van der Waals surface area contributed by atoms with Gasteiger partial charge >= 0.3 is 0 Å². The number of rotatable bonds is 4. The number of hydrogen-bond acceptors (Lipinski definition) is 3. The third-order valence-corrected chi connectivity index (χ3v) is 4.02. The van der Waals surface area contributed by atoms with E-state index in [9.17, 15) is 4.79 Å². The third-order valence-electron chi connectivity index (χ3n) is 4.02. The van der Waals surface area contributed by atoms with Crippen LogP contribution in [0.3, 0.4) is 0 Å². The number of nitrogen functional groups attached to an aromatic ring is 1. The second-order valence-corrected chi connectivity index (χ2v) is 5.52. The molecular formula is C17H18N2O2. The molecule has 4 heteroatoms. The van der Waals surface area contributed by atoms with Gasteiger partial charge in [-0.15, -0.1) is 0 Å². The summed E-state index contributed by atoms with van der Waals surface area (Å²) in [7, 11) is 0. The van der Waals surface area contributed by atoms with Crippen molar-refractivity contribution in [2.45, 2.75) is 24.9 Å². The largest absolute Gasteiger partial charge is 0.399 e. The molecule has 0 spiro atoms. The quantitative estimate of drug-likeness (QED) is 0.754. The normalized spacial score (nSPS) is 15.5. The monoisotopic (exact) mass is 282 g/mol. The molecule has 1 aliphatic carbocycles. The second-order valence-electron chi connectivity index (χ2n) is 5.52. The fourth-order valence-corrected chi connectivity index (χ4v) is 2.57. The highest BCUT2D eigenvalue weighted by Gasteiger charge is 2.51.